The molecule has 0 aliphatic carbocycles. The van der Waals surface area contributed by atoms with Crippen LogP contribution >= 0.6 is 0 Å². The van der Waals surface area contributed by atoms with Gasteiger partial charge in [-0.2, -0.15) is 0 Å². The molecule has 0 saturated carbocycles. The van der Waals surface area contributed by atoms with Gasteiger partial charge in [-0.1, -0.05) is 45.0 Å². The normalized spacial score (nSPS) is 11.6. The van der Waals surface area contributed by atoms with E-state index in [9.17, 15) is 4.79 Å². The molecule has 36 heavy (non-hydrogen) atoms. The zero-order valence-electron chi connectivity index (χ0n) is 21.7. The van der Waals surface area contributed by atoms with Gasteiger partial charge in [0.25, 0.3) is 5.56 Å². The standard InChI is InChI=1S/C30H34N2O4/c1-21-20-23(30(2,3)4)12-15-27(21)36-19-18-35-17-16-32-28(22-10-13-24(34-5)14-11-22)31-26-9-7-6-8-25(26)29(32)33/h6-15,20H,16-19H2,1-5H3. The molecule has 6 heteroatoms. The minimum absolute atomic E-state index is 0.0826. The highest BCUT2D eigenvalue weighted by Crippen LogP contribution is 2.27. The SMILES string of the molecule is COc1ccc(-c2nc3ccccc3c(=O)n2CCOCCOc2ccc(C(C)(C)C)cc2C)cc1. The molecule has 1 heterocycles. The van der Waals surface area contributed by atoms with Crippen molar-refractivity contribution in [2.75, 3.05) is 26.9 Å². The lowest BCUT2D eigenvalue weighted by Crippen LogP contribution is -2.26. The van der Waals surface area contributed by atoms with Gasteiger partial charge in [0.1, 0.15) is 23.9 Å². The highest BCUT2D eigenvalue weighted by atomic mass is 16.5. The van der Waals surface area contributed by atoms with E-state index in [1.807, 2.05) is 48.5 Å². The Morgan fingerprint density at radius 3 is 2.36 bits per heavy atom. The molecule has 0 radical (unpaired) electrons. The number of benzene rings is 3. The third-order valence-corrected chi connectivity index (χ3v) is 6.20. The van der Waals surface area contributed by atoms with Gasteiger partial charge in [-0.3, -0.25) is 9.36 Å². The van der Waals surface area contributed by atoms with Gasteiger partial charge in [0, 0.05) is 5.56 Å². The largest absolute Gasteiger partial charge is 0.497 e. The summed E-state index contributed by atoms with van der Waals surface area (Å²) in [6, 6.07) is 21.3. The van der Waals surface area contributed by atoms with Gasteiger partial charge >= 0.3 is 0 Å². The first-order valence-corrected chi connectivity index (χ1v) is 12.2. The van der Waals surface area contributed by atoms with Gasteiger partial charge in [0.05, 0.1) is 37.8 Å². The maximum absolute atomic E-state index is 13.3. The van der Waals surface area contributed by atoms with Crippen LogP contribution in [0, 0.1) is 6.92 Å². The van der Waals surface area contributed by atoms with E-state index in [0.29, 0.717) is 43.1 Å². The first-order valence-electron chi connectivity index (χ1n) is 12.2. The maximum Gasteiger partial charge on any atom is 0.261 e. The molecule has 0 aliphatic rings. The molecule has 0 N–H and O–H groups in total. The van der Waals surface area contributed by atoms with Crippen LogP contribution in [0.5, 0.6) is 11.5 Å². The fraction of sp³-hybridized carbons (Fsp3) is 0.333. The molecular weight excluding hydrogens is 452 g/mol. The number of ether oxygens (including phenoxy) is 3. The summed E-state index contributed by atoms with van der Waals surface area (Å²) < 4.78 is 18.7. The molecule has 0 atom stereocenters. The van der Waals surface area contributed by atoms with Crippen LogP contribution in [-0.2, 0) is 16.7 Å². The zero-order valence-corrected chi connectivity index (χ0v) is 21.7. The van der Waals surface area contributed by atoms with Crippen molar-refractivity contribution in [3.8, 4) is 22.9 Å². The zero-order chi connectivity index (χ0) is 25.7. The number of para-hydroxylation sites is 1. The van der Waals surface area contributed by atoms with Crippen molar-refractivity contribution in [2.45, 2.75) is 39.7 Å². The molecule has 4 rings (SSSR count). The monoisotopic (exact) mass is 486 g/mol. The number of hydrogen-bond acceptors (Lipinski definition) is 5. The van der Waals surface area contributed by atoms with Crippen LogP contribution < -0.4 is 15.0 Å². The van der Waals surface area contributed by atoms with Crippen LogP contribution in [0.1, 0.15) is 31.9 Å². The lowest BCUT2D eigenvalue weighted by molar-refractivity contribution is 0.0938. The van der Waals surface area contributed by atoms with E-state index in [1.165, 1.54) is 5.56 Å². The number of aromatic nitrogens is 2. The van der Waals surface area contributed by atoms with Crippen molar-refractivity contribution in [2.24, 2.45) is 0 Å². The fourth-order valence-electron chi connectivity index (χ4n) is 4.08. The Morgan fingerprint density at radius 1 is 0.917 bits per heavy atom. The average molecular weight is 487 g/mol. The third-order valence-electron chi connectivity index (χ3n) is 6.20. The van der Waals surface area contributed by atoms with Crippen molar-refractivity contribution in [1.29, 1.82) is 0 Å². The van der Waals surface area contributed by atoms with E-state index in [2.05, 4.69) is 39.8 Å². The van der Waals surface area contributed by atoms with Crippen LogP contribution in [-0.4, -0.2) is 36.5 Å². The summed E-state index contributed by atoms with van der Waals surface area (Å²) in [7, 11) is 1.63. The van der Waals surface area contributed by atoms with Crippen molar-refractivity contribution in [1.82, 2.24) is 9.55 Å². The molecule has 3 aromatic carbocycles. The van der Waals surface area contributed by atoms with Gasteiger partial charge in [-0.15, -0.1) is 0 Å². The van der Waals surface area contributed by atoms with E-state index in [0.717, 1.165) is 22.6 Å². The van der Waals surface area contributed by atoms with E-state index in [1.54, 1.807) is 17.7 Å². The van der Waals surface area contributed by atoms with E-state index < -0.39 is 0 Å². The van der Waals surface area contributed by atoms with E-state index >= 15 is 0 Å². The second kappa shape index (κ2) is 11.0. The third kappa shape index (κ3) is 5.77. The lowest BCUT2D eigenvalue weighted by atomic mass is 9.86. The molecule has 0 saturated heterocycles. The molecule has 188 valence electrons. The minimum Gasteiger partial charge on any atom is -0.497 e. The smallest absolute Gasteiger partial charge is 0.261 e. The van der Waals surface area contributed by atoms with Crippen LogP contribution in [0.15, 0.2) is 71.5 Å². The Morgan fingerprint density at radius 2 is 1.67 bits per heavy atom. The van der Waals surface area contributed by atoms with Crippen molar-refractivity contribution >= 4 is 10.9 Å². The second-order valence-electron chi connectivity index (χ2n) is 9.83. The summed E-state index contributed by atoms with van der Waals surface area (Å²) in [5.41, 5.74) is 3.93. The molecule has 0 amide bonds. The van der Waals surface area contributed by atoms with Crippen LogP contribution in [0.4, 0.5) is 0 Å². The first kappa shape index (κ1) is 25.5. The quantitative estimate of drug-likeness (QED) is 0.281. The van der Waals surface area contributed by atoms with Gasteiger partial charge in [0.15, 0.2) is 0 Å². The Balaban J connectivity index is 1.42. The number of rotatable bonds is 9. The van der Waals surface area contributed by atoms with Crippen molar-refractivity contribution in [3.05, 3.63) is 88.2 Å². The molecule has 1 aromatic heterocycles. The predicted molar refractivity (Wildman–Crippen MR) is 144 cm³/mol. The summed E-state index contributed by atoms with van der Waals surface area (Å²) in [5.74, 6) is 2.22. The van der Waals surface area contributed by atoms with E-state index in [4.69, 9.17) is 19.2 Å². The summed E-state index contributed by atoms with van der Waals surface area (Å²) in [6.07, 6.45) is 0. The molecule has 6 nitrogen and oxygen atoms in total. The summed E-state index contributed by atoms with van der Waals surface area (Å²) in [4.78, 5) is 18.1. The fourth-order valence-corrected chi connectivity index (χ4v) is 4.08. The molecule has 0 bridgehead atoms. The second-order valence-corrected chi connectivity index (χ2v) is 9.83. The lowest BCUT2D eigenvalue weighted by Gasteiger charge is -2.20. The molecular formula is C30H34N2O4. The highest BCUT2D eigenvalue weighted by Gasteiger charge is 2.15. The summed E-state index contributed by atoms with van der Waals surface area (Å²) in [5, 5.41) is 0.590. The van der Waals surface area contributed by atoms with Crippen molar-refractivity contribution < 1.29 is 14.2 Å². The summed E-state index contributed by atoms with van der Waals surface area (Å²) in [6.45, 7) is 10.3. The first-order chi connectivity index (χ1) is 17.3. The Hall–Kier alpha value is -3.64. The number of fused-ring (bicyclic) bond motifs is 1. The van der Waals surface area contributed by atoms with Crippen LogP contribution in [0.3, 0.4) is 0 Å². The summed E-state index contributed by atoms with van der Waals surface area (Å²) >= 11 is 0. The van der Waals surface area contributed by atoms with Gasteiger partial charge in [-0.25, -0.2) is 4.98 Å². The number of methoxy groups -OCH3 is 1. The van der Waals surface area contributed by atoms with Crippen LogP contribution in [0.25, 0.3) is 22.3 Å². The van der Waals surface area contributed by atoms with Gasteiger partial charge < -0.3 is 14.2 Å². The Kier molecular flexibility index (Phi) is 7.75. The van der Waals surface area contributed by atoms with E-state index in [-0.39, 0.29) is 11.0 Å². The van der Waals surface area contributed by atoms with Gasteiger partial charge in [0.2, 0.25) is 0 Å². The maximum atomic E-state index is 13.3. The molecule has 4 aromatic rings. The average Bonchev–Trinajstić information content (AvgIpc) is 2.87. The number of nitrogens with zero attached hydrogens (tertiary/aromatic N) is 2. The van der Waals surface area contributed by atoms with Gasteiger partial charge in [-0.05, 0) is 65.9 Å². The highest BCUT2D eigenvalue weighted by molar-refractivity contribution is 5.79. The Labute approximate surface area is 212 Å². The predicted octanol–water partition coefficient (Wildman–Crippen LogP) is 5.77. The minimum atomic E-state index is -0.0826. The molecule has 0 spiro atoms. The molecule has 0 fully saturated rings. The Bertz CT molecular complexity index is 1390. The number of aryl methyl sites for hydroxylation is 1. The van der Waals surface area contributed by atoms with Crippen LogP contribution in [0.2, 0.25) is 0 Å². The number of hydrogen-bond donors (Lipinski definition) is 0. The topological polar surface area (TPSA) is 62.6 Å². The molecule has 0 unspecified atom stereocenters. The van der Waals surface area contributed by atoms with Crippen molar-refractivity contribution in [3.63, 3.8) is 0 Å². The molecule has 0 aliphatic heterocycles.